The summed E-state index contributed by atoms with van der Waals surface area (Å²) in [6, 6.07) is 1.59. The molecule has 1 aromatic heterocycles. The van der Waals surface area contributed by atoms with E-state index in [1.54, 1.807) is 6.07 Å². The number of nitrogens with zero attached hydrogens (tertiary/aromatic N) is 1. The highest BCUT2D eigenvalue weighted by Crippen LogP contribution is 2.16. The van der Waals surface area contributed by atoms with Crippen LogP contribution in [0.1, 0.15) is 10.4 Å². The van der Waals surface area contributed by atoms with Gasteiger partial charge in [-0.3, -0.25) is 9.59 Å². The predicted octanol–water partition coefficient (Wildman–Crippen LogP) is -0.639. The molecule has 0 aromatic carbocycles. The quantitative estimate of drug-likeness (QED) is 0.298. The second-order valence-corrected chi connectivity index (χ2v) is 4.38. The van der Waals surface area contributed by atoms with E-state index in [1.807, 2.05) is 0 Å². The van der Waals surface area contributed by atoms with E-state index in [2.05, 4.69) is 31.7 Å². The Morgan fingerprint density at radius 1 is 1.47 bits per heavy atom. The lowest BCUT2D eigenvalue weighted by atomic mass is 10.2. The van der Waals surface area contributed by atoms with Gasteiger partial charge < -0.3 is 21.2 Å². The van der Waals surface area contributed by atoms with Gasteiger partial charge in [-0.05, 0) is 22.0 Å². The average Bonchev–Trinajstić information content (AvgIpc) is 2.37. The fourth-order valence-electron chi connectivity index (χ4n) is 1.23. The van der Waals surface area contributed by atoms with Crippen LogP contribution in [-0.2, 0) is 9.53 Å². The SMILES string of the molecule is NNc1ncc(Br)cc1C(=O)NCCOCC(N)=O. The maximum absolute atomic E-state index is 11.9. The number of hydrazine groups is 1. The van der Waals surface area contributed by atoms with Crippen LogP contribution in [0.4, 0.5) is 5.82 Å². The Hall–Kier alpha value is -1.71. The van der Waals surface area contributed by atoms with Crippen LogP contribution < -0.4 is 22.3 Å². The van der Waals surface area contributed by atoms with Crippen molar-refractivity contribution < 1.29 is 14.3 Å². The van der Waals surface area contributed by atoms with Gasteiger partial charge in [-0.15, -0.1) is 0 Å². The Balaban J connectivity index is 2.49. The monoisotopic (exact) mass is 331 g/mol. The minimum atomic E-state index is -0.558. The number of nitrogens with two attached hydrogens (primary N) is 2. The van der Waals surface area contributed by atoms with Gasteiger partial charge in [0.25, 0.3) is 5.91 Å². The molecule has 9 heteroatoms. The number of aromatic nitrogens is 1. The highest BCUT2D eigenvalue weighted by molar-refractivity contribution is 9.10. The van der Waals surface area contributed by atoms with Gasteiger partial charge in [-0.2, -0.15) is 0 Å². The molecule has 0 fully saturated rings. The molecule has 19 heavy (non-hydrogen) atoms. The summed E-state index contributed by atoms with van der Waals surface area (Å²) in [6.45, 7) is 0.244. The van der Waals surface area contributed by atoms with Gasteiger partial charge in [0.05, 0.1) is 12.2 Å². The van der Waals surface area contributed by atoms with E-state index >= 15 is 0 Å². The van der Waals surface area contributed by atoms with Gasteiger partial charge in [0, 0.05) is 17.2 Å². The topological polar surface area (TPSA) is 132 Å². The summed E-state index contributed by atoms with van der Waals surface area (Å²) in [6.07, 6.45) is 1.52. The summed E-state index contributed by atoms with van der Waals surface area (Å²) in [5.74, 6) is 4.61. The summed E-state index contributed by atoms with van der Waals surface area (Å²) in [7, 11) is 0. The van der Waals surface area contributed by atoms with E-state index in [0.717, 1.165) is 0 Å². The van der Waals surface area contributed by atoms with Crippen molar-refractivity contribution in [1.29, 1.82) is 0 Å². The lowest BCUT2D eigenvalue weighted by molar-refractivity contribution is -0.122. The zero-order valence-corrected chi connectivity index (χ0v) is 11.6. The van der Waals surface area contributed by atoms with Crippen LogP contribution in [0.5, 0.6) is 0 Å². The third kappa shape index (κ3) is 5.20. The van der Waals surface area contributed by atoms with Crippen molar-refractivity contribution >= 4 is 33.6 Å². The highest BCUT2D eigenvalue weighted by atomic mass is 79.9. The second-order valence-electron chi connectivity index (χ2n) is 3.47. The lowest BCUT2D eigenvalue weighted by Gasteiger charge is -2.09. The van der Waals surface area contributed by atoms with Gasteiger partial charge in [-0.1, -0.05) is 0 Å². The number of hydrogen-bond acceptors (Lipinski definition) is 6. The molecule has 104 valence electrons. The van der Waals surface area contributed by atoms with E-state index in [1.165, 1.54) is 6.20 Å². The first-order chi connectivity index (χ1) is 9.04. The van der Waals surface area contributed by atoms with E-state index < -0.39 is 5.91 Å². The van der Waals surface area contributed by atoms with E-state index in [9.17, 15) is 9.59 Å². The molecule has 0 radical (unpaired) electrons. The molecule has 0 saturated carbocycles. The molecule has 0 bridgehead atoms. The molecule has 2 amide bonds. The zero-order chi connectivity index (χ0) is 14.3. The molecule has 8 nitrogen and oxygen atoms in total. The van der Waals surface area contributed by atoms with Crippen LogP contribution in [0, 0.1) is 0 Å². The van der Waals surface area contributed by atoms with Crippen LogP contribution in [0.3, 0.4) is 0 Å². The van der Waals surface area contributed by atoms with Crippen LogP contribution >= 0.6 is 15.9 Å². The molecule has 1 heterocycles. The minimum absolute atomic E-state index is 0.177. The van der Waals surface area contributed by atoms with Gasteiger partial charge in [0.15, 0.2) is 5.82 Å². The number of nitrogens with one attached hydrogen (secondary N) is 2. The Morgan fingerprint density at radius 2 is 2.21 bits per heavy atom. The Morgan fingerprint density at radius 3 is 2.84 bits per heavy atom. The number of carbonyl (C=O) groups is 2. The molecule has 0 aliphatic rings. The molecule has 0 aliphatic carbocycles. The number of nitrogen functional groups attached to an aromatic ring is 1. The van der Waals surface area contributed by atoms with Crippen LogP contribution in [0.15, 0.2) is 16.7 Å². The summed E-state index contributed by atoms with van der Waals surface area (Å²) < 4.78 is 5.56. The van der Waals surface area contributed by atoms with Crippen molar-refractivity contribution in [3.63, 3.8) is 0 Å². The largest absolute Gasteiger partial charge is 0.370 e. The molecule has 0 aliphatic heterocycles. The Labute approximate surface area is 118 Å². The summed E-state index contributed by atoms with van der Waals surface area (Å²) in [5.41, 5.74) is 7.53. The molecule has 6 N–H and O–H groups in total. The molecule has 0 spiro atoms. The number of primary amides is 1. The zero-order valence-electron chi connectivity index (χ0n) is 9.98. The highest BCUT2D eigenvalue weighted by Gasteiger charge is 2.12. The number of halogens is 1. The number of amides is 2. The van der Waals surface area contributed by atoms with Crippen molar-refractivity contribution in [1.82, 2.24) is 10.3 Å². The normalized spacial score (nSPS) is 10.0. The van der Waals surface area contributed by atoms with Crippen molar-refractivity contribution in [3.8, 4) is 0 Å². The number of pyridine rings is 1. The summed E-state index contributed by atoms with van der Waals surface area (Å²) >= 11 is 3.22. The van der Waals surface area contributed by atoms with Gasteiger partial charge in [-0.25, -0.2) is 10.8 Å². The van der Waals surface area contributed by atoms with Gasteiger partial charge in [0.2, 0.25) is 5.91 Å². The fourth-order valence-corrected chi connectivity index (χ4v) is 1.56. The summed E-state index contributed by atoms with van der Waals surface area (Å²) in [4.78, 5) is 26.2. The van der Waals surface area contributed by atoms with E-state index in [4.69, 9.17) is 16.3 Å². The number of ether oxygens (including phenoxy) is 1. The van der Waals surface area contributed by atoms with Crippen LogP contribution in [-0.4, -0.2) is 36.6 Å². The van der Waals surface area contributed by atoms with Crippen molar-refractivity contribution in [2.24, 2.45) is 11.6 Å². The third-order valence-corrected chi connectivity index (χ3v) is 2.45. The first kappa shape index (κ1) is 15.3. The van der Waals surface area contributed by atoms with E-state index in [-0.39, 0.29) is 31.5 Å². The Kier molecular flexibility index (Phi) is 6.19. The molecular weight excluding hydrogens is 318 g/mol. The van der Waals surface area contributed by atoms with Crippen molar-refractivity contribution in [2.75, 3.05) is 25.2 Å². The van der Waals surface area contributed by atoms with Crippen LogP contribution in [0.25, 0.3) is 0 Å². The van der Waals surface area contributed by atoms with E-state index in [0.29, 0.717) is 10.0 Å². The number of hydrogen-bond donors (Lipinski definition) is 4. The third-order valence-electron chi connectivity index (χ3n) is 2.01. The summed E-state index contributed by atoms with van der Waals surface area (Å²) in [5, 5.41) is 2.60. The van der Waals surface area contributed by atoms with Gasteiger partial charge >= 0.3 is 0 Å². The molecular formula is C10H14BrN5O3. The number of carbonyl (C=O) groups excluding carboxylic acids is 2. The van der Waals surface area contributed by atoms with Crippen molar-refractivity contribution in [3.05, 3.63) is 22.3 Å². The standard InChI is InChI=1S/C10H14BrN5O3/c11-6-3-7(9(16-13)15-4-6)10(18)14-1-2-19-5-8(12)17/h3-4H,1-2,5,13H2,(H2,12,17)(H,14,18)(H,15,16). The van der Waals surface area contributed by atoms with Crippen LogP contribution in [0.2, 0.25) is 0 Å². The second kappa shape index (κ2) is 7.67. The Bertz CT molecular complexity index is 468. The van der Waals surface area contributed by atoms with Gasteiger partial charge in [0.1, 0.15) is 6.61 Å². The number of anilines is 1. The maximum Gasteiger partial charge on any atom is 0.255 e. The average molecular weight is 332 g/mol. The molecule has 0 atom stereocenters. The van der Waals surface area contributed by atoms with Crippen molar-refractivity contribution in [2.45, 2.75) is 0 Å². The molecule has 0 saturated heterocycles. The number of rotatable bonds is 7. The minimum Gasteiger partial charge on any atom is -0.370 e. The fraction of sp³-hybridized carbons (Fsp3) is 0.300. The smallest absolute Gasteiger partial charge is 0.255 e. The molecule has 1 aromatic rings. The predicted molar refractivity (Wildman–Crippen MR) is 72.1 cm³/mol. The molecule has 1 rings (SSSR count). The first-order valence-electron chi connectivity index (χ1n) is 5.31. The lowest BCUT2D eigenvalue weighted by Crippen LogP contribution is -2.30. The maximum atomic E-state index is 11.9. The molecule has 0 unspecified atom stereocenters. The first-order valence-corrected chi connectivity index (χ1v) is 6.10.